The van der Waals surface area contributed by atoms with Crippen LogP contribution in [-0.2, 0) is 9.59 Å². The molecular formula is C20H17ClN2O2S. The van der Waals surface area contributed by atoms with Crippen molar-refractivity contribution in [1.82, 2.24) is 4.90 Å². The second kappa shape index (κ2) is 6.12. The van der Waals surface area contributed by atoms with E-state index in [1.165, 1.54) is 4.90 Å². The quantitative estimate of drug-likeness (QED) is 0.742. The molecule has 3 saturated heterocycles. The normalized spacial score (nSPS) is 30.7. The number of anilines is 1. The maximum Gasteiger partial charge on any atom is 0.239 e. The Morgan fingerprint density at radius 3 is 2.50 bits per heavy atom. The standard InChI is InChI=1S/C20H17ClN2O2S/c21-13-6-4-5-12(9-13)18-17-16(15-10-26-11-22(15)18)19(24)23(20(17)25)14-7-2-1-3-8-14/h1-9,15-18H,10-11H2/t15-,16-,17-,18-/m0/s1. The van der Waals surface area contributed by atoms with Gasteiger partial charge in [-0.15, -0.1) is 11.8 Å². The van der Waals surface area contributed by atoms with E-state index in [-0.39, 0.29) is 35.7 Å². The zero-order valence-electron chi connectivity index (χ0n) is 13.9. The van der Waals surface area contributed by atoms with E-state index in [1.807, 2.05) is 66.4 Å². The number of halogens is 1. The minimum absolute atomic E-state index is 0.0618. The summed E-state index contributed by atoms with van der Waals surface area (Å²) in [5.74, 6) is 0.971. The lowest BCUT2D eigenvalue weighted by Crippen LogP contribution is -2.40. The second-order valence-electron chi connectivity index (χ2n) is 6.98. The van der Waals surface area contributed by atoms with Crippen LogP contribution in [0.3, 0.4) is 0 Å². The van der Waals surface area contributed by atoms with E-state index in [1.54, 1.807) is 0 Å². The summed E-state index contributed by atoms with van der Waals surface area (Å²) in [4.78, 5) is 30.3. The number of rotatable bonds is 2. The van der Waals surface area contributed by atoms with Gasteiger partial charge in [0.25, 0.3) is 0 Å². The lowest BCUT2D eigenvalue weighted by molar-refractivity contribution is -0.123. The van der Waals surface area contributed by atoms with E-state index in [2.05, 4.69) is 4.90 Å². The van der Waals surface area contributed by atoms with Gasteiger partial charge >= 0.3 is 0 Å². The van der Waals surface area contributed by atoms with Gasteiger partial charge in [-0.1, -0.05) is 41.9 Å². The van der Waals surface area contributed by atoms with Gasteiger partial charge in [-0.05, 0) is 29.8 Å². The summed E-state index contributed by atoms with van der Waals surface area (Å²) < 4.78 is 0. The van der Waals surface area contributed by atoms with Gasteiger partial charge in [0, 0.05) is 28.7 Å². The third-order valence-electron chi connectivity index (χ3n) is 5.67. The summed E-state index contributed by atoms with van der Waals surface area (Å²) in [6.07, 6.45) is 0. The summed E-state index contributed by atoms with van der Waals surface area (Å²) in [7, 11) is 0. The molecule has 0 saturated carbocycles. The van der Waals surface area contributed by atoms with Crippen LogP contribution in [0.25, 0.3) is 0 Å². The third kappa shape index (κ3) is 2.27. The average molecular weight is 385 g/mol. The van der Waals surface area contributed by atoms with Gasteiger partial charge in [-0.2, -0.15) is 0 Å². The van der Waals surface area contributed by atoms with Crippen molar-refractivity contribution in [2.45, 2.75) is 12.1 Å². The van der Waals surface area contributed by atoms with Crippen molar-refractivity contribution in [2.75, 3.05) is 16.5 Å². The summed E-state index contributed by atoms with van der Waals surface area (Å²) >= 11 is 8.04. The van der Waals surface area contributed by atoms with Gasteiger partial charge in [-0.3, -0.25) is 14.5 Å². The smallest absolute Gasteiger partial charge is 0.239 e. The molecule has 132 valence electrons. The molecule has 0 aliphatic carbocycles. The fourth-order valence-corrected chi connectivity index (χ4v) is 6.15. The van der Waals surface area contributed by atoms with Gasteiger partial charge < -0.3 is 0 Å². The zero-order chi connectivity index (χ0) is 17.8. The molecule has 2 aromatic carbocycles. The molecule has 3 heterocycles. The molecule has 0 bridgehead atoms. The molecule has 0 spiro atoms. The highest BCUT2D eigenvalue weighted by atomic mass is 35.5. The van der Waals surface area contributed by atoms with Crippen LogP contribution < -0.4 is 4.90 Å². The van der Waals surface area contributed by atoms with Crippen LogP contribution >= 0.6 is 23.4 Å². The Morgan fingerprint density at radius 1 is 0.962 bits per heavy atom. The maximum absolute atomic E-state index is 13.3. The van der Waals surface area contributed by atoms with Crippen molar-refractivity contribution in [3.63, 3.8) is 0 Å². The Labute approximate surface area is 161 Å². The van der Waals surface area contributed by atoms with Crippen LogP contribution in [0, 0.1) is 11.8 Å². The molecule has 0 N–H and O–H groups in total. The van der Waals surface area contributed by atoms with Crippen LogP contribution in [0.1, 0.15) is 11.6 Å². The predicted octanol–water partition coefficient (Wildman–Crippen LogP) is 3.58. The Morgan fingerprint density at radius 2 is 1.73 bits per heavy atom. The minimum Gasteiger partial charge on any atom is -0.282 e. The van der Waals surface area contributed by atoms with Crippen LogP contribution in [0.4, 0.5) is 5.69 Å². The highest BCUT2D eigenvalue weighted by Crippen LogP contribution is 2.54. The maximum atomic E-state index is 13.3. The SMILES string of the molecule is O=C1[C@@H]2[C@H](C(=O)N1c1ccccc1)[C@H](c1cccc(Cl)c1)N1CSC[C@@H]21. The Kier molecular flexibility index (Phi) is 3.85. The molecule has 4 nitrogen and oxygen atoms in total. The molecule has 6 heteroatoms. The van der Waals surface area contributed by atoms with Crippen molar-refractivity contribution >= 4 is 40.9 Å². The Bertz CT molecular complexity index is 890. The van der Waals surface area contributed by atoms with Gasteiger partial charge in [0.15, 0.2) is 0 Å². The van der Waals surface area contributed by atoms with Crippen LogP contribution in [-0.4, -0.2) is 34.4 Å². The van der Waals surface area contributed by atoms with Crippen molar-refractivity contribution in [1.29, 1.82) is 0 Å². The molecule has 5 rings (SSSR count). The molecule has 26 heavy (non-hydrogen) atoms. The Hall–Kier alpha value is -1.82. The number of imide groups is 1. The fraction of sp³-hybridized carbons (Fsp3) is 0.300. The van der Waals surface area contributed by atoms with Crippen LogP contribution in [0.2, 0.25) is 5.02 Å². The Balaban J connectivity index is 1.60. The van der Waals surface area contributed by atoms with Gasteiger partial charge in [0.05, 0.1) is 17.5 Å². The van der Waals surface area contributed by atoms with Crippen LogP contribution in [0.5, 0.6) is 0 Å². The molecule has 3 aliphatic heterocycles. The highest BCUT2D eigenvalue weighted by molar-refractivity contribution is 7.99. The first-order valence-corrected chi connectivity index (χ1v) is 10.2. The average Bonchev–Trinajstić information content (AvgIpc) is 3.28. The number of hydrogen-bond acceptors (Lipinski definition) is 4. The molecule has 2 amide bonds. The molecule has 4 atom stereocenters. The van der Waals surface area contributed by atoms with Crippen molar-refractivity contribution in [3.8, 4) is 0 Å². The molecular weight excluding hydrogens is 368 g/mol. The molecule has 2 aromatic rings. The lowest BCUT2D eigenvalue weighted by atomic mass is 9.87. The van der Waals surface area contributed by atoms with Crippen LogP contribution in [0.15, 0.2) is 54.6 Å². The largest absolute Gasteiger partial charge is 0.282 e. The first-order valence-electron chi connectivity index (χ1n) is 8.68. The molecule has 0 unspecified atom stereocenters. The first kappa shape index (κ1) is 16.4. The highest BCUT2D eigenvalue weighted by Gasteiger charge is 2.63. The number of thioether (sulfide) groups is 1. The monoisotopic (exact) mass is 384 g/mol. The molecule has 0 aromatic heterocycles. The molecule has 3 aliphatic rings. The first-order chi connectivity index (χ1) is 12.7. The summed E-state index contributed by atoms with van der Waals surface area (Å²) in [6.45, 7) is 0. The van der Waals surface area contributed by atoms with Gasteiger partial charge in [-0.25, -0.2) is 4.90 Å². The number of hydrogen-bond donors (Lipinski definition) is 0. The van der Waals surface area contributed by atoms with E-state index < -0.39 is 0 Å². The summed E-state index contributed by atoms with van der Waals surface area (Å²) in [6, 6.07) is 17.0. The minimum atomic E-state index is -0.341. The van der Waals surface area contributed by atoms with E-state index in [0.29, 0.717) is 10.7 Å². The molecule has 3 fully saturated rings. The lowest BCUT2D eigenvalue weighted by Gasteiger charge is -2.28. The number of carbonyl (C=O) groups excluding carboxylic acids is 2. The van der Waals surface area contributed by atoms with Gasteiger partial charge in [0.2, 0.25) is 11.8 Å². The third-order valence-corrected chi connectivity index (χ3v) is 6.96. The van der Waals surface area contributed by atoms with Gasteiger partial charge in [0.1, 0.15) is 0 Å². The van der Waals surface area contributed by atoms with Crippen molar-refractivity contribution in [2.24, 2.45) is 11.8 Å². The zero-order valence-corrected chi connectivity index (χ0v) is 15.5. The number of para-hydroxylation sites is 1. The number of fused-ring (bicyclic) bond motifs is 3. The number of nitrogens with zero attached hydrogens (tertiary/aromatic N) is 2. The number of benzene rings is 2. The van der Waals surface area contributed by atoms with E-state index in [9.17, 15) is 9.59 Å². The summed E-state index contributed by atoms with van der Waals surface area (Å²) in [5, 5.41) is 0.658. The fourth-order valence-electron chi connectivity index (χ4n) is 4.64. The topological polar surface area (TPSA) is 40.6 Å². The van der Waals surface area contributed by atoms with E-state index >= 15 is 0 Å². The second-order valence-corrected chi connectivity index (χ2v) is 8.42. The number of carbonyl (C=O) groups is 2. The summed E-state index contributed by atoms with van der Waals surface area (Å²) in [5.41, 5.74) is 1.69. The van der Waals surface area contributed by atoms with Crippen molar-refractivity contribution < 1.29 is 9.59 Å². The van der Waals surface area contributed by atoms with Crippen molar-refractivity contribution in [3.05, 3.63) is 65.2 Å². The molecule has 0 radical (unpaired) electrons. The van der Waals surface area contributed by atoms with E-state index in [4.69, 9.17) is 11.6 Å². The van der Waals surface area contributed by atoms with E-state index in [0.717, 1.165) is 17.2 Å². The predicted molar refractivity (Wildman–Crippen MR) is 103 cm³/mol. The number of amides is 2.